The van der Waals surface area contributed by atoms with Gasteiger partial charge in [-0.2, -0.15) is 8.78 Å². The summed E-state index contributed by atoms with van der Waals surface area (Å²) in [5.41, 5.74) is 0. The van der Waals surface area contributed by atoms with Crippen molar-refractivity contribution in [2.24, 2.45) is 5.92 Å². The molecule has 0 fully saturated rings. The van der Waals surface area contributed by atoms with E-state index >= 15 is 0 Å². The van der Waals surface area contributed by atoms with Gasteiger partial charge in [-0.1, -0.05) is 13.8 Å². The molecule has 0 radical (unpaired) electrons. The van der Waals surface area contributed by atoms with Crippen LogP contribution in [0.15, 0.2) is 0 Å². The Hall–Kier alpha value is -0.710. The molecule has 3 nitrogen and oxygen atoms in total. The quantitative estimate of drug-likeness (QED) is 0.681. The smallest absolute Gasteiger partial charge is 0.315 e. The molecular weight excluding hydrogens is 180 g/mol. The van der Waals surface area contributed by atoms with Gasteiger partial charge in [-0.3, -0.25) is 4.79 Å². The zero-order valence-corrected chi connectivity index (χ0v) is 7.76. The first-order chi connectivity index (χ1) is 5.93. The molecule has 78 valence electrons. The summed E-state index contributed by atoms with van der Waals surface area (Å²) in [4.78, 5) is 10.4. The number of carbonyl (C=O) groups excluding carboxylic acids is 1. The first kappa shape index (κ1) is 12.3. The summed E-state index contributed by atoms with van der Waals surface area (Å²) in [6.07, 6.45) is -3.27. The van der Waals surface area contributed by atoms with Crippen molar-refractivity contribution in [2.45, 2.75) is 32.8 Å². The molecular formula is C8H15F2NO2. The molecule has 0 rings (SSSR count). The van der Waals surface area contributed by atoms with Crippen molar-refractivity contribution in [3.63, 3.8) is 0 Å². The van der Waals surface area contributed by atoms with E-state index in [4.69, 9.17) is 0 Å². The third kappa shape index (κ3) is 6.45. The van der Waals surface area contributed by atoms with Crippen molar-refractivity contribution in [3.8, 4) is 0 Å². The molecule has 0 heterocycles. The summed E-state index contributed by atoms with van der Waals surface area (Å²) >= 11 is 0. The van der Waals surface area contributed by atoms with E-state index in [0.717, 1.165) is 0 Å². The number of halogens is 2. The lowest BCUT2D eigenvalue weighted by Crippen LogP contribution is -2.36. The Kier molecular flexibility index (Phi) is 5.53. The number of rotatable bonds is 5. The molecule has 0 aromatic carbocycles. The number of carbonyl (C=O) groups is 1. The van der Waals surface area contributed by atoms with Gasteiger partial charge in [-0.15, -0.1) is 0 Å². The number of nitrogens with one attached hydrogen (secondary N) is 1. The van der Waals surface area contributed by atoms with E-state index in [0.29, 0.717) is 6.42 Å². The maximum Gasteiger partial charge on any atom is 0.315 e. The zero-order chi connectivity index (χ0) is 10.4. The average molecular weight is 195 g/mol. The van der Waals surface area contributed by atoms with Crippen molar-refractivity contribution in [2.75, 3.05) is 6.54 Å². The van der Waals surface area contributed by atoms with Crippen molar-refractivity contribution in [1.29, 1.82) is 0 Å². The normalized spacial score (nSPS) is 13.5. The molecule has 0 aromatic rings. The van der Waals surface area contributed by atoms with Gasteiger partial charge in [0.2, 0.25) is 0 Å². The second kappa shape index (κ2) is 5.85. The standard InChI is InChI=1S/C8H15F2NO2/c1-5(2)3-6(12)4-11-8(13)7(9)10/h5-7,12H,3-4H2,1-2H3,(H,11,13). The van der Waals surface area contributed by atoms with E-state index in [1.165, 1.54) is 0 Å². The van der Waals surface area contributed by atoms with Crippen LogP contribution in [0.1, 0.15) is 20.3 Å². The molecule has 0 spiro atoms. The highest BCUT2D eigenvalue weighted by Gasteiger charge is 2.16. The number of aliphatic hydroxyl groups excluding tert-OH is 1. The number of aliphatic hydroxyl groups is 1. The Balaban J connectivity index is 3.58. The van der Waals surface area contributed by atoms with Crippen LogP contribution in [0, 0.1) is 5.92 Å². The molecule has 0 bridgehead atoms. The van der Waals surface area contributed by atoms with Gasteiger partial charge in [0.05, 0.1) is 6.10 Å². The minimum atomic E-state index is -3.01. The van der Waals surface area contributed by atoms with E-state index in [1.54, 1.807) is 0 Å². The Morgan fingerprint density at radius 3 is 2.38 bits per heavy atom. The van der Waals surface area contributed by atoms with Crippen molar-refractivity contribution >= 4 is 5.91 Å². The lowest BCUT2D eigenvalue weighted by atomic mass is 10.1. The summed E-state index contributed by atoms with van der Waals surface area (Å²) in [6, 6.07) is 0. The first-order valence-corrected chi connectivity index (χ1v) is 4.17. The van der Waals surface area contributed by atoms with Crippen LogP contribution in [-0.2, 0) is 4.79 Å². The molecule has 0 saturated carbocycles. The lowest BCUT2D eigenvalue weighted by molar-refractivity contribution is -0.132. The van der Waals surface area contributed by atoms with Crippen molar-refractivity contribution in [3.05, 3.63) is 0 Å². The minimum absolute atomic E-state index is 0.110. The van der Waals surface area contributed by atoms with Gasteiger partial charge in [-0.25, -0.2) is 0 Å². The summed E-state index contributed by atoms with van der Waals surface area (Å²) in [5.74, 6) is -1.05. The monoisotopic (exact) mass is 195 g/mol. The fourth-order valence-corrected chi connectivity index (χ4v) is 0.923. The SMILES string of the molecule is CC(C)CC(O)CNC(=O)C(F)F. The highest BCUT2D eigenvalue weighted by atomic mass is 19.3. The second-order valence-electron chi connectivity index (χ2n) is 3.33. The maximum atomic E-state index is 11.6. The predicted molar refractivity (Wildman–Crippen MR) is 44.5 cm³/mol. The van der Waals surface area contributed by atoms with Crippen LogP contribution in [0.4, 0.5) is 8.78 Å². The molecule has 0 aliphatic heterocycles. The van der Waals surface area contributed by atoms with Crippen LogP contribution in [0.3, 0.4) is 0 Å². The minimum Gasteiger partial charge on any atom is -0.391 e. The number of amides is 1. The van der Waals surface area contributed by atoms with Gasteiger partial charge in [0, 0.05) is 6.54 Å². The number of alkyl halides is 2. The lowest BCUT2D eigenvalue weighted by Gasteiger charge is -2.13. The van der Waals surface area contributed by atoms with E-state index in [1.807, 2.05) is 19.2 Å². The summed E-state index contributed by atoms with van der Waals surface area (Å²) in [7, 11) is 0. The fraction of sp³-hybridized carbons (Fsp3) is 0.875. The van der Waals surface area contributed by atoms with E-state index in [-0.39, 0.29) is 12.5 Å². The third-order valence-corrected chi connectivity index (χ3v) is 1.45. The third-order valence-electron chi connectivity index (χ3n) is 1.45. The van der Waals surface area contributed by atoms with Crippen LogP contribution < -0.4 is 5.32 Å². The molecule has 1 atom stereocenters. The maximum absolute atomic E-state index is 11.6. The van der Waals surface area contributed by atoms with Gasteiger partial charge >= 0.3 is 6.43 Å². The molecule has 0 aromatic heterocycles. The van der Waals surface area contributed by atoms with Gasteiger partial charge < -0.3 is 10.4 Å². The van der Waals surface area contributed by atoms with Crippen LogP contribution in [-0.4, -0.2) is 30.1 Å². The Bertz CT molecular complexity index is 162. The Morgan fingerprint density at radius 1 is 1.46 bits per heavy atom. The molecule has 5 heteroatoms. The largest absolute Gasteiger partial charge is 0.391 e. The average Bonchev–Trinajstić information content (AvgIpc) is 1.98. The predicted octanol–water partition coefficient (Wildman–Crippen LogP) is 0.775. The molecule has 1 amide bonds. The van der Waals surface area contributed by atoms with Crippen LogP contribution in [0.2, 0.25) is 0 Å². The Labute approximate surface area is 76.1 Å². The Morgan fingerprint density at radius 2 is 2.00 bits per heavy atom. The summed E-state index contributed by atoms with van der Waals surface area (Å²) in [6.45, 7) is 3.69. The molecule has 0 aliphatic rings. The van der Waals surface area contributed by atoms with Crippen LogP contribution >= 0.6 is 0 Å². The van der Waals surface area contributed by atoms with Crippen LogP contribution in [0.5, 0.6) is 0 Å². The first-order valence-electron chi connectivity index (χ1n) is 4.17. The molecule has 0 saturated heterocycles. The fourth-order valence-electron chi connectivity index (χ4n) is 0.923. The summed E-state index contributed by atoms with van der Waals surface area (Å²) in [5, 5.41) is 11.1. The van der Waals surface area contributed by atoms with Crippen molar-refractivity contribution in [1.82, 2.24) is 5.32 Å². The van der Waals surface area contributed by atoms with E-state index in [9.17, 15) is 18.7 Å². The van der Waals surface area contributed by atoms with Gasteiger partial charge in [0.1, 0.15) is 0 Å². The van der Waals surface area contributed by atoms with Crippen LogP contribution in [0.25, 0.3) is 0 Å². The summed E-state index contributed by atoms with van der Waals surface area (Å²) < 4.78 is 23.3. The topological polar surface area (TPSA) is 49.3 Å². The second-order valence-corrected chi connectivity index (χ2v) is 3.33. The van der Waals surface area contributed by atoms with E-state index < -0.39 is 18.4 Å². The molecule has 1 unspecified atom stereocenters. The molecule has 13 heavy (non-hydrogen) atoms. The number of hydrogen-bond donors (Lipinski definition) is 2. The molecule has 0 aliphatic carbocycles. The van der Waals surface area contributed by atoms with E-state index in [2.05, 4.69) is 0 Å². The van der Waals surface area contributed by atoms with Crippen molar-refractivity contribution < 1.29 is 18.7 Å². The number of hydrogen-bond acceptors (Lipinski definition) is 2. The van der Waals surface area contributed by atoms with Gasteiger partial charge in [-0.05, 0) is 12.3 Å². The molecule has 2 N–H and O–H groups in total. The van der Waals surface area contributed by atoms with Gasteiger partial charge in [0.15, 0.2) is 0 Å². The highest BCUT2D eigenvalue weighted by molar-refractivity contribution is 5.79. The zero-order valence-electron chi connectivity index (χ0n) is 7.76. The van der Waals surface area contributed by atoms with Gasteiger partial charge in [0.25, 0.3) is 5.91 Å². The highest BCUT2D eigenvalue weighted by Crippen LogP contribution is 2.03.